The molecule has 1 aromatic heterocycles. The molecule has 4 aromatic carbocycles. The van der Waals surface area contributed by atoms with Crippen LogP contribution < -0.4 is 4.90 Å². The van der Waals surface area contributed by atoms with Crippen LogP contribution in [0.25, 0.3) is 10.9 Å². The van der Waals surface area contributed by atoms with Crippen LogP contribution in [-0.4, -0.2) is 24.3 Å². The molecule has 0 unspecified atom stereocenters. The van der Waals surface area contributed by atoms with E-state index in [2.05, 4.69) is 40.2 Å². The standard InChI is InChI=1S/C28H20N4O2.2CHCl3/c33-32(34)21-15-16-25-23(17-21)24(18-29-25)27-22-13-7-8-14-26(22)30-28(19-9-3-1-4-10-19)31(27)20-11-5-2-6-12-20;2*2-1(3)4/h1-18,27,29H;2*1H/t27-;;/m0../s1. The van der Waals surface area contributed by atoms with Crippen molar-refractivity contribution in [2.75, 3.05) is 4.90 Å². The number of aliphatic imine (C=N–C) groups is 1. The number of aromatic amines is 1. The number of H-pyrrole nitrogens is 1. The van der Waals surface area contributed by atoms with Crippen LogP contribution in [0.2, 0.25) is 0 Å². The monoisotopic (exact) mass is 680 g/mol. The number of non-ortho nitro benzene ring substituents is 1. The summed E-state index contributed by atoms with van der Waals surface area (Å²) in [7, 11) is 0. The Morgan fingerprint density at radius 2 is 1.33 bits per heavy atom. The molecule has 2 heterocycles. The quantitative estimate of drug-likeness (QED) is 0.116. The molecule has 0 saturated heterocycles. The largest absolute Gasteiger partial charge is 0.361 e. The molecule has 6 rings (SSSR count). The molecule has 216 valence electrons. The first kappa shape index (κ1) is 32.0. The molecule has 1 aliphatic heterocycles. The van der Waals surface area contributed by atoms with Gasteiger partial charge in [-0.25, -0.2) is 4.99 Å². The summed E-state index contributed by atoms with van der Waals surface area (Å²) in [6.07, 6.45) is 1.96. The number of amidine groups is 1. The highest BCUT2D eigenvalue weighted by atomic mass is 35.6. The smallest absolute Gasteiger partial charge is 0.270 e. The lowest BCUT2D eigenvalue weighted by Crippen LogP contribution is -2.38. The number of hydrogen-bond donors (Lipinski definition) is 1. The van der Waals surface area contributed by atoms with E-state index in [-0.39, 0.29) is 16.7 Å². The highest BCUT2D eigenvalue weighted by molar-refractivity contribution is 6.63. The minimum Gasteiger partial charge on any atom is -0.361 e. The van der Waals surface area contributed by atoms with Crippen molar-refractivity contribution >= 4 is 103 Å². The van der Waals surface area contributed by atoms with Gasteiger partial charge < -0.3 is 9.88 Å². The maximum atomic E-state index is 11.5. The van der Waals surface area contributed by atoms with Gasteiger partial charge in [0, 0.05) is 51.6 Å². The van der Waals surface area contributed by atoms with Crippen molar-refractivity contribution in [2.24, 2.45) is 4.99 Å². The number of nitrogens with one attached hydrogen (secondary N) is 1. The zero-order valence-electron chi connectivity index (χ0n) is 21.6. The molecule has 1 N–H and O–H groups in total. The average molecular weight is 683 g/mol. The Hall–Kier alpha value is -2.97. The maximum Gasteiger partial charge on any atom is 0.270 e. The molecule has 0 radical (unpaired) electrons. The Bertz CT molecular complexity index is 1650. The third kappa shape index (κ3) is 7.90. The van der Waals surface area contributed by atoms with Gasteiger partial charge in [0.25, 0.3) is 5.69 Å². The fourth-order valence-corrected chi connectivity index (χ4v) is 4.68. The van der Waals surface area contributed by atoms with Crippen LogP contribution in [0.5, 0.6) is 0 Å². The zero-order valence-corrected chi connectivity index (χ0v) is 26.1. The summed E-state index contributed by atoms with van der Waals surface area (Å²) < 4.78 is -1.50. The number of nitro benzene ring substituents is 1. The van der Waals surface area contributed by atoms with E-state index in [9.17, 15) is 10.1 Å². The third-order valence-corrected chi connectivity index (χ3v) is 6.21. The number of nitro groups is 1. The molecule has 12 heteroatoms. The Balaban J connectivity index is 0.000000453. The summed E-state index contributed by atoms with van der Waals surface area (Å²) in [5.74, 6) is 0.829. The van der Waals surface area contributed by atoms with Gasteiger partial charge >= 0.3 is 0 Å². The highest BCUT2D eigenvalue weighted by Gasteiger charge is 2.34. The molecular formula is C30H22Cl6N4O2. The number of fused-ring (bicyclic) bond motifs is 2. The minimum absolute atomic E-state index is 0.0701. The maximum absolute atomic E-state index is 11.5. The first-order valence-electron chi connectivity index (χ1n) is 12.3. The van der Waals surface area contributed by atoms with Crippen molar-refractivity contribution in [3.8, 4) is 0 Å². The summed E-state index contributed by atoms with van der Waals surface area (Å²) >= 11 is 28.8. The number of para-hydroxylation sites is 2. The lowest BCUT2D eigenvalue weighted by molar-refractivity contribution is -0.384. The van der Waals surface area contributed by atoms with Crippen LogP contribution in [0.4, 0.5) is 17.1 Å². The highest BCUT2D eigenvalue weighted by Crippen LogP contribution is 2.45. The van der Waals surface area contributed by atoms with Crippen molar-refractivity contribution < 1.29 is 4.92 Å². The molecule has 0 aliphatic carbocycles. The fourth-order valence-electron chi connectivity index (χ4n) is 4.68. The van der Waals surface area contributed by atoms with Crippen LogP contribution >= 0.6 is 69.6 Å². The van der Waals surface area contributed by atoms with Crippen molar-refractivity contribution in [3.05, 3.63) is 136 Å². The number of hydrogen-bond acceptors (Lipinski definition) is 4. The summed E-state index contributed by atoms with van der Waals surface area (Å²) in [5, 5.41) is 12.4. The summed E-state index contributed by atoms with van der Waals surface area (Å²) in [5.41, 5.74) is 5.80. The second-order valence-electron chi connectivity index (χ2n) is 8.69. The molecule has 6 nitrogen and oxygen atoms in total. The Morgan fingerprint density at radius 3 is 1.95 bits per heavy atom. The number of nitrogens with zero attached hydrogens (tertiary/aromatic N) is 3. The minimum atomic E-state index is -0.750. The van der Waals surface area contributed by atoms with Gasteiger partial charge in [0.05, 0.1) is 16.7 Å². The van der Waals surface area contributed by atoms with E-state index >= 15 is 0 Å². The lowest BCUT2D eigenvalue weighted by Gasteiger charge is -2.38. The first-order chi connectivity index (χ1) is 20.2. The van der Waals surface area contributed by atoms with Gasteiger partial charge in [0.2, 0.25) is 0 Å². The second kappa shape index (κ2) is 15.0. The van der Waals surface area contributed by atoms with Gasteiger partial charge in [-0.1, -0.05) is 136 Å². The summed E-state index contributed by atoms with van der Waals surface area (Å²) in [6, 6.07) is 33.1. The van der Waals surface area contributed by atoms with E-state index in [1.54, 1.807) is 12.1 Å². The molecule has 0 amide bonds. The zero-order chi connectivity index (χ0) is 30.2. The van der Waals surface area contributed by atoms with Gasteiger partial charge in [-0.15, -0.1) is 0 Å². The molecule has 1 atom stereocenters. The van der Waals surface area contributed by atoms with Crippen LogP contribution in [0.15, 0.2) is 114 Å². The van der Waals surface area contributed by atoms with Gasteiger partial charge in [-0.05, 0) is 24.3 Å². The molecule has 1 aliphatic rings. The molecule has 0 bridgehead atoms. The number of alkyl halides is 6. The summed E-state index contributed by atoms with van der Waals surface area (Å²) in [4.78, 5) is 21.8. The lowest BCUT2D eigenvalue weighted by atomic mass is 9.92. The van der Waals surface area contributed by atoms with Gasteiger partial charge in [0.1, 0.15) is 5.84 Å². The number of rotatable bonds is 4. The van der Waals surface area contributed by atoms with Gasteiger partial charge in [0.15, 0.2) is 8.59 Å². The van der Waals surface area contributed by atoms with E-state index in [4.69, 9.17) is 74.6 Å². The predicted molar refractivity (Wildman–Crippen MR) is 177 cm³/mol. The second-order valence-corrected chi connectivity index (χ2v) is 12.7. The van der Waals surface area contributed by atoms with Gasteiger partial charge in [-0.2, -0.15) is 0 Å². The Kier molecular flexibility index (Phi) is 11.4. The van der Waals surface area contributed by atoms with Crippen molar-refractivity contribution in [1.82, 2.24) is 4.98 Å². The van der Waals surface area contributed by atoms with E-state index < -0.39 is 8.59 Å². The SMILES string of the molecule is ClC(Cl)Cl.ClC(Cl)Cl.O=[N+]([O-])c1ccc2[nH]cc([C@@H]3c4ccccc4N=C(c4ccccc4)N3c3ccccc3)c2c1. The predicted octanol–water partition coefficient (Wildman–Crippen LogP) is 10.7. The van der Waals surface area contributed by atoms with Crippen LogP contribution in [-0.2, 0) is 0 Å². The van der Waals surface area contributed by atoms with Gasteiger partial charge in [-0.3, -0.25) is 10.1 Å². The number of halogens is 6. The van der Waals surface area contributed by atoms with Crippen LogP contribution in [0, 0.1) is 10.1 Å². The third-order valence-electron chi connectivity index (χ3n) is 6.21. The molecule has 42 heavy (non-hydrogen) atoms. The van der Waals surface area contributed by atoms with Crippen molar-refractivity contribution in [2.45, 2.75) is 14.6 Å². The average Bonchev–Trinajstić information content (AvgIpc) is 3.39. The van der Waals surface area contributed by atoms with Crippen LogP contribution in [0.1, 0.15) is 22.7 Å². The molecule has 0 fully saturated rings. The molecule has 5 aromatic rings. The van der Waals surface area contributed by atoms with E-state index in [1.807, 2.05) is 60.8 Å². The number of benzene rings is 4. The Morgan fingerprint density at radius 1 is 0.762 bits per heavy atom. The fraction of sp³-hybridized carbons (Fsp3) is 0.100. The molecule has 0 saturated carbocycles. The first-order valence-corrected chi connectivity index (χ1v) is 15.0. The summed E-state index contributed by atoms with van der Waals surface area (Å²) in [6.45, 7) is 0. The molecule has 0 spiro atoms. The van der Waals surface area contributed by atoms with E-state index in [1.165, 1.54) is 6.07 Å². The Labute approximate surface area is 272 Å². The number of anilines is 1. The number of aromatic nitrogens is 1. The van der Waals surface area contributed by atoms with Crippen molar-refractivity contribution in [1.29, 1.82) is 0 Å². The normalized spacial score (nSPS) is 14.0. The topological polar surface area (TPSA) is 74.5 Å². The molecular weight excluding hydrogens is 661 g/mol. The van der Waals surface area contributed by atoms with E-state index in [0.717, 1.165) is 44.8 Å². The van der Waals surface area contributed by atoms with Crippen LogP contribution in [0.3, 0.4) is 0 Å². The van der Waals surface area contributed by atoms with Crippen molar-refractivity contribution in [3.63, 3.8) is 0 Å². The van der Waals surface area contributed by atoms with E-state index in [0.29, 0.717) is 0 Å².